The summed E-state index contributed by atoms with van der Waals surface area (Å²) < 4.78 is 7.51. The van der Waals surface area contributed by atoms with Crippen molar-refractivity contribution in [3.05, 3.63) is 49.3 Å². The molecule has 0 unspecified atom stereocenters. The van der Waals surface area contributed by atoms with Crippen LogP contribution in [0.1, 0.15) is 12.8 Å². The maximum atomic E-state index is 13.2. The Bertz CT molecular complexity index is 1270. The molecule has 6 rings (SSSR count). The molecular weight excluding hydrogens is 450 g/mol. The maximum Gasteiger partial charge on any atom is 0.225 e. The summed E-state index contributed by atoms with van der Waals surface area (Å²) in [6, 6.07) is 10.3. The molecular formula is C23H25N9OS. The van der Waals surface area contributed by atoms with Crippen molar-refractivity contribution in [2.45, 2.75) is 12.8 Å². The second kappa shape index (κ2) is 8.98. The van der Waals surface area contributed by atoms with E-state index in [1.54, 1.807) is 28.9 Å². The van der Waals surface area contributed by atoms with Crippen molar-refractivity contribution in [1.29, 1.82) is 0 Å². The van der Waals surface area contributed by atoms with E-state index in [-0.39, 0.29) is 11.8 Å². The van der Waals surface area contributed by atoms with Gasteiger partial charge in [-0.1, -0.05) is 12.1 Å². The van der Waals surface area contributed by atoms with E-state index in [1.165, 1.54) is 16.4 Å². The first kappa shape index (κ1) is 21.0. The minimum Gasteiger partial charge on any atom is -0.356 e. The molecule has 0 spiro atoms. The first-order valence-electron chi connectivity index (χ1n) is 11.6. The van der Waals surface area contributed by atoms with Gasteiger partial charge in [0.1, 0.15) is 30.6 Å². The van der Waals surface area contributed by atoms with Crippen LogP contribution >= 0.6 is 11.5 Å². The normalized spacial score (nSPS) is 17.5. The summed E-state index contributed by atoms with van der Waals surface area (Å²) in [7, 11) is 0. The fourth-order valence-electron chi connectivity index (χ4n) is 4.81. The SMILES string of the molecule is O=C(C1CCN(c2cc(-n3cncn3)ncn2)CC1)N1CCN(c2nsc3ccccc23)CC1. The summed E-state index contributed by atoms with van der Waals surface area (Å²) in [6.07, 6.45) is 6.32. The zero-order valence-electron chi connectivity index (χ0n) is 18.7. The molecule has 11 heteroatoms. The third kappa shape index (κ3) is 3.96. The fraction of sp³-hybridized carbons (Fsp3) is 0.391. The van der Waals surface area contributed by atoms with Gasteiger partial charge in [0.15, 0.2) is 5.82 Å². The number of piperidine rings is 1. The van der Waals surface area contributed by atoms with Gasteiger partial charge in [-0.05, 0) is 36.5 Å². The summed E-state index contributed by atoms with van der Waals surface area (Å²) in [5.41, 5.74) is 0. The number of carbonyl (C=O) groups is 1. The summed E-state index contributed by atoms with van der Waals surface area (Å²) >= 11 is 1.54. The van der Waals surface area contributed by atoms with Crippen molar-refractivity contribution in [3.63, 3.8) is 0 Å². The zero-order valence-corrected chi connectivity index (χ0v) is 19.5. The fourth-order valence-corrected chi connectivity index (χ4v) is 5.61. The number of hydrogen-bond donors (Lipinski definition) is 0. The quantitative estimate of drug-likeness (QED) is 0.443. The van der Waals surface area contributed by atoms with Gasteiger partial charge in [-0.2, -0.15) is 9.47 Å². The van der Waals surface area contributed by atoms with Gasteiger partial charge in [-0.15, -0.1) is 0 Å². The molecule has 0 saturated carbocycles. The number of nitrogens with zero attached hydrogens (tertiary/aromatic N) is 9. The summed E-state index contributed by atoms with van der Waals surface area (Å²) in [5.74, 6) is 2.95. The van der Waals surface area contributed by atoms with E-state index < -0.39 is 0 Å². The molecule has 1 amide bonds. The van der Waals surface area contributed by atoms with Crippen LogP contribution in [-0.2, 0) is 4.79 Å². The van der Waals surface area contributed by atoms with Gasteiger partial charge in [0.2, 0.25) is 5.91 Å². The minimum atomic E-state index is 0.0690. The van der Waals surface area contributed by atoms with Crippen molar-refractivity contribution in [3.8, 4) is 5.82 Å². The monoisotopic (exact) mass is 475 g/mol. The number of hydrogen-bond acceptors (Lipinski definition) is 9. The first-order valence-corrected chi connectivity index (χ1v) is 12.3. The van der Waals surface area contributed by atoms with Gasteiger partial charge < -0.3 is 14.7 Å². The Morgan fingerprint density at radius 3 is 2.50 bits per heavy atom. The van der Waals surface area contributed by atoms with Crippen LogP contribution in [0.2, 0.25) is 0 Å². The maximum absolute atomic E-state index is 13.2. The van der Waals surface area contributed by atoms with E-state index in [1.807, 2.05) is 17.0 Å². The molecule has 10 nitrogen and oxygen atoms in total. The van der Waals surface area contributed by atoms with Crippen LogP contribution in [0.5, 0.6) is 0 Å². The largest absolute Gasteiger partial charge is 0.356 e. The number of piperazine rings is 1. The highest BCUT2D eigenvalue weighted by molar-refractivity contribution is 7.13. The van der Waals surface area contributed by atoms with E-state index >= 15 is 0 Å². The Morgan fingerprint density at radius 1 is 0.912 bits per heavy atom. The van der Waals surface area contributed by atoms with E-state index in [0.29, 0.717) is 5.82 Å². The molecule has 0 N–H and O–H groups in total. The lowest BCUT2D eigenvalue weighted by molar-refractivity contribution is -0.136. The summed E-state index contributed by atoms with van der Waals surface area (Å²) in [4.78, 5) is 32.5. The molecule has 0 atom stereocenters. The molecule has 0 bridgehead atoms. The topological polar surface area (TPSA) is 96.2 Å². The van der Waals surface area contributed by atoms with Crippen LogP contribution in [0.4, 0.5) is 11.6 Å². The van der Waals surface area contributed by atoms with E-state index in [4.69, 9.17) is 0 Å². The van der Waals surface area contributed by atoms with E-state index in [0.717, 1.165) is 63.7 Å². The number of rotatable bonds is 4. The van der Waals surface area contributed by atoms with Crippen molar-refractivity contribution in [2.24, 2.45) is 5.92 Å². The zero-order chi connectivity index (χ0) is 22.9. The van der Waals surface area contributed by atoms with Crippen LogP contribution in [0, 0.1) is 5.92 Å². The Kier molecular flexibility index (Phi) is 5.54. The number of carbonyl (C=O) groups excluding carboxylic acids is 1. The molecule has 1 aromatic carbocycles. The standard InChI is InChI=1S/C23H25N9OS/c33-23(31-11-9-30(10-12-31)22-18-3-1-2-4-19(18)34-28-22)17-5-7-29(8-6-17)20-13-21(26-15-25-20)32-16-24-14-27-32/h1-4,13-17H,5-12H2. The molecule has 2 saturated heterocycles. The van der Waals surface area contributed by atoms with Crippen LogP contribution in [-0.4, -0.2) is 79.2 Å². The minimum absolute atomic E-state index is 0.0690. The smallest absolute Gasteiger partial charge is 0.225 e. The number of aromatic nitrogens is 6. The lowest BCUT2D eigenvalue weighted by Crippen LogP contribution is -2.51. The highest BCUT2D eigenvalue weighted by atomic mass is 32.1. The lowest BCUT2D eigenvalue weighted by Gasteiger charge is -2.39. The molecule has 2 aliphatic heterocycles. The van der Waals surface area contributed by atoms with Crippen molar-refractivity contribution >= 4 is 39.2 Å². The molecule has 174 valence electrons. The van der Waals surface area contributed by atoms with Crippen molar-refractivity contribution < 1.29 is 4.79 Å². The molecule has 5 heterocycles. The highest BCUT2D eigenvalue weighted by Gasteiger charge is 2.31. The van der Waals surface area contributed by atoms with Gasteiger partial charge in [0.05, 0.1) is 4.70 Å². The number of fused-ring (bicyclic) bond motifs is 1. The first-order chi connectivity index (χ1) is 16.8. The van der Waals surface area contributed by atoms with Crippen LogP contribution in [0.25, 0.3) is 15.9 Å². The molecule has 3 aromatic heterocycles. The predicted molar refractivity (Wildman–Crippen MR) is 130 cm³/mol. The average Bonchev–Trinajstić information content (AvgIpc) is 3.59. The number of amides is 1. The van der Waals surface area contributed by atoms with Crippen LogP contribution in [0.15, 0.2) is 49.3 Å². The molecule has 0 radical (unpaired) electrons. The number of benzene rings is 1. The second-order valence-corrected chi connectivity index (χ2v) is 9.46. The highest BCUT2D eigenvalue weighted by Crippen LogP contribution is 2.30. The third-order valence-corrected chi connectivity index (χ3v) is 7.53. The van der Waals surface area contributed by atoms with E-state index in [2.05, 4.69) is 52.4 Å². The van der Waals surface area contributed by atoms with Gasteiger partial charge in [0, 0.05) is 56.6 Å². The van der Waals surface area contributed by atoms with Crippen molar-refractivity contribution in [1.82, 2.24) is 34.0 Å². The van der Waals surface area contributed by atoms with Gasteiger partial charge in [-0.25, -0.2) is 19.6 Å². The van der Waals surface area contributed by atoms with Gasteiger partial charge in [-0.3, -0.25) is 4.79 Å². The molecule has 0 aliphatic carbocycles. The lowest BCUT2D eigenvalue weighted by atomic mass is 9.95. The molecule has 2 fully saturated rings. The molecule has 4 aromatic rings. The van der Waals surface area contributed by atoms with Crippen LogP contribution in [0.3, 0.4) is 0 Å². The predicted octanol–water partition coefficient (Wildman–Crippen LogP) is 2.23. The van der Waals surface area contributed by atoms with Gasteiger partial charge in [0.25, 0.3) is 0 Å². The Balaban J connectivity index is 1.05. The van der Waals surface area contributed by atoms with E-state index in [9.17, 15) is 4.79 Å². The second-order valence-electron chi connectivity index (χ2n) is 8.65. The average molecular weight is 476 g/mol. The molecule has 2 aliphatic rings. The van der Waals surface area contributed by atoms with Gasteiger partial charge >= 0.3 is 0 Å². The Labute approximate surface area is 201 Å². The Hall–Kier alpha value is -3.60. The summed E-state index contributed by atoms with van der Waals surface area (Å²) in [5, 5.41) is 5.34. The number of anilines is 2. The Morgan fingerprint density at radius 2 is 1.71 bits per heavy atom. The third-order valence-electron chi connectivity index (χ3n) is 6.71. The van der Waals surface area contributed by atoms with Crippen LogP contribution < -0.4 is 9.80 Å². The summed E-state index contributed by atoms with van der Waals surface area (Å²) in [6.45, 7) is 4.74. The molecule has 34 heavy (non-hydrogen) atoms. The van der Waals surface area contributed by atoms with Crippen molar-refractivity contribution in [2.75, 3.05) is 49.1 Å².